The summed E-state index contributed by atoms with van der Waals surface area (Å²) in [6, 6.07) is 16.5. The van der Waals surface area contributed by atoms with E-state index < -0.39 is 10.0 Å². The van der Waals surface area contributed by atoms with E-state index in [4.69, 9.17) is 0 Å². The molecule has 5 heteroatoms. The molecule has 1 aromatic heterocycles. The average Bonchev–Trinajstić information content (AvgIpc) is 2.95. The van der Waals surface area contributed by atoms with E-state index in [-0.39, 0.29) is 0 Å². The van der Waals surface area contributed by atoms with Gasteiger partial charge in [0.15, 0.2) is 0 Å². The Balaban J connectivity index is 1.65. The molecule has 0 amide bonds. The monoisotopic (exact) mass is 300 g/mol. The molecule has 2 aromatic carbocycles. The third-order valence-electron chi connectivity index (χ3n) is 3.38. The van der Waals surface area contributed by atoms with Crippen LogP contribution in [0.2, 0.25) is 0 Å². The van der Waals surface area contributed by atoms with Crippen molar-refractivity contribution in [3.8, 4) is 0 Å². The van der Waals surface area contributed by atoms with Crippen molar-refractivity contribution in [3.05, 3.63) is 66.4 Å². The zero-order valence-electron chi connectivity index (χ0n) is 11.4. The number of aromatic amines is 1. The molecule has 0 aliphatic carbocycles. The van der Waals surface area contributed by atoms with Gasteiger partial charge in [-0.15, -0.1) is 0 Å². The summed E-state index contributed by atoms with van der Waals surface area (Å²) in [6.07, 6.45) is 2.56. The zero-order chi connectivity index (χ0) is 14.7. The molecule has 0 spiro atoms. The van der Waals surface area contributed by atoms with Gasteiger partial charge < -0.3 is 4.98 Å². The van der Waals surface area contributed by atoms with Gasteiger partial charge in [-0.2, -0.15) is 0 Å². The van der Waals surface area contributed by atoms with E-state index in [2.05, 4.69) is 15.8 Å². The molecule has 2 N–H and O–H groups in total. The Kier molecular flexibility index (Phi) is 3.77. The third-order valence-corrected chi connectivity index (χ3v) is 4.85. The van der Waals surface area contributed by atoms with Gasteiger partial charge in [0.05, 0.1) is 4.90 Å². The fraction of sp³-hybridized carbons (Fsp3) is 0.125. The quantitative estimate of drug-likeness (QED) is 0.761. The van der Waals surface area contributed by atoms with E-state index >= 15 is 0 Å². The van der Waals surface area contributed by atoms with Crippen LogP contribution in [0.15, 0.2) is 65.7 Å². The first-order valence-electron chi connectivity index (χ1n) is 6.76. The van der Waals surface area contributed by atoms with Crippen LogP contribution in [-0.4, -0.2) is 19.9 Å². The fourth-order valence-corrected chi connectivity index (χ4v) is 3.32. The lowest BCUT2D eigenvalue weighted by atomic mass is 10.1. The van der Waals surface area contributed by atoms with Crippen LogP contribution in [-0.2, 0) is 16.4 Å². The predicted molar refractivity (Wildman–Crippen MR) is 83.6 cm³/mol. The second-order valence-electron chi connectivity index (χ2n) is 4.86. The van der Waals surface area contributed by atoms with Crippen molar-refractivity contribution in [3.63, 3.8) is 0 Å². The standard InChI is InChI=1S/C16H16N2O2S/c19-21(20,15-4-2-1-3-5-15)18-11-8-13-6-7-16-14(12-13)9-10-17-16/h1-7,9-10,12,17-18H,8,11H2. The summed E-state index contributed by atoms with van der Waals surface area (Å²) in [5.74, 6) is 0. The highest BCUT2D eigenvalue weighted by Crippen LogP contribution is 2.14. The topological polar surface area (TPSA) is 62.0 Å². The number of rotatable bonds is 5. The minimum atomic E-state index is -3.42. The van der Waals surface area contributed by atoms with Gasteiger partial charge in [0.1, 0.15) is 0 Å². The highest BCUT2D eigenvalue weighted by atomic mass is 32.2. The number of benzene rings is 2. The fourth-order valence-electron chi connectivity index (χ4n) is 2.27. The Morgan fingerprint density at radius 3 is 2.62 bits per heavy atom. The molecule has 108 valence electrons. The van der Waals surface area contributed by atoms with Crippen LogP contribution in [0.25, 0.3) is 10.9 Å². The summed E-state index contributed by atoms with van der Waals surface area (Å²) >= 11 is 0. The van der Waals surface area contributed by atoms with Crippen molar-refractivity contribution >= 4 is 20.9 Å². The first-order chi connectivity index (χ1) is 10.1. The second kappa shape index (κ2) is 5.71. The molecule has 1 heterocycles. The number of hydrogen-bond donors (Lipinski definition) is 2. The molecular weight excluding hydrogens is 284 g/mol. The highest BCUT2D eigenvalue weighted by molar-refractivity contribution is 7.89. The van der Waals surface area contributed by atoms with Crippen LogP contribution in [0.1, 0.15) is 5.56 Å². The van der Waals surface area contributed by atoms with Crippen LogP contribution < -0.4 is 4.72 Å². The summed E-state index contributed by atoms with van der Waals surface area (Å²) in [6.45, 7) is 0.382. The first kappa shape index (κ1) is 13.9. The Hall–Kier alpha value is -2.11. The molecule has 3 aromatic rings. The van der Waals surface area contributed by atoms with E-state index in [9.17, 15) is 8.42 Å². The van der Waals surface area contributed by atoms with Crippen LogP contribution >= 0.6 is 0 Å². The minimum absolute atomic E-state index is 0.297. The summed E-state index contributed by atoms with van der Waals surface area (Å²) in [5.41, 5.74) is 2.20. The molecular formula is C16H16N2O2S. The number of hydrogen-bond acceptors (Lipinski definition) is 2. The van der Waals surface area contributed by atoms with Gasteiger partial charge in [-0.1, -0.05) is 24.3 Å². The van der Waals surface area contributed by atoms with E-state index in [0.29, 0.717) is 17.9 Å². The summed E-state index contributed by atoms with van der Waals surface area (Å²) in [7, 11) is -3.42. The SMILES string of the molecule is O=S(=O)(NCCc1ccc2[nH]ccc2c1)c1ccccc1. The maximum Gasteiger partial charge on any atom is 0.240 e. The Bertz CT molecular complexity index is 839. The maximum atomic E-state index is 12.1. The Morgan fingerprint density at radius 1 is 1.00 bits per heavy atom. The second-order valence-corrected chi connectivity index (χ2v) is 6.63. The van der Waals surface area contributed by atoms with E-state index in [1.54, 1.807) is 30.3 Å². The molecule has 0 fully saturated rings. The number of H-pyrrole nitrogens is 1. The minimum Gasteiger partial charge on any atom is -0.361 e. The average molecular weight is 300 g/mol. The first-order valence-corrected chi connectivity index (χ1v) is 8.24. The highest BCUT2D eigenvalue weighted by Gasteiger charge is 2.12. The van der Waals surface area contributed by atoms with Crippen molar-refractivity contribution in [2.24, 2.45) is 0 Å². The normalized spacial score (nSPS) is 11.8. The lowest BCUT2D eigenvalue weighted by molar-refractivity contribution is 0.581. The smallest absolute Gasteiger partial charge is 0.240 e. The number of fused-ring (bicyclic) bond motifs is 1. The number of sulfonamides is 1. The molecule has 0 aliphatic heterocycles. The van der Waals surface area contributed by atoms with Gasteiger partial charge in [-0.05, 0) is 47.7 Å². The predicted octanol–water partition coefficient (Wildman–Crippen LogP) is 2.69. The van der Waals surface area contributed by atoms with Crippen molar-refractivity contribution in [2.45, 2.75) is 11.3 Å². The van der Waals surface area contributed by atoms with Crippen molar-refractivity contribution < 1.29 is 8.42 Å². The van der Waals surface area contributed by atoms with Crippen LogP contribution in [0, 0.1) is 0 Å². The van der Waals surface area contributed by atoms with E-state index in [1.165, 1.54) is 0 Å². The third kappa shape index (κ3) is 3.15. The molecule has 21 heavy (non-hydrogen) atoms. The molecule has 0 unspecified atom stereocenters. The number of aromatic nitrogens is 1. The molecule has 4 nitrogen and oxygen atoms in total. The van der Waals surface area contributed by atoms with Crippen LogP contribution in [0.4, 0.5) is 0 Å². The molecule has 0 radical (unpaired) electrons. The molecule has 0 bridgehead atoms. The van der Waals surface area contributed by atoms with Crippen molar-refractivity contribution in [2.75, 3.05) is 6.54 Å². The lowest BCUT2D eigenvalue weighted by Crippen LogP contribution is -2.25. The van der Waals surface area contributed by atoms with Crippen LogP contribution in [0.5, 0.6) is 0 Å². The van der Waals surface area contributed by atoms with Crippen LogP contribution in [0.3, 0.4) is 0 Å². The largest absolute Gasteiger partial charge is 0.361 e. The lowest BCUT2D eigenvalue weighted by Gasteiger charge is -2.07. The van der Waals surface area contributed by atoms with Gasteiger partial charge in [-0.3, -0.25) is 0 Å². The molecule has 3 rings (SSSR count). The number of nitrogens with one attached hydrogen (secondary N) is 2. The maximum absolute atomic E-state index is 12.1. The Labute approximate surface area is 123 Å². The zero-order valence-corrected chi connectivity index (χ0v) is 12.2. The van der Waals surface area contributed by atoms with Gasteiger partial charge in [0, 0.05) is 18.3 Å². The van der Waals surface area contributed by atoms with Gasteiger partial charge in [0.2, 0.25) is 10.0 Å². The van der Waals surface area contributed by atoms with Gasteiger partial charge in [0.25, 0.3) is 0 Å². The summed E-state index contributed by atoms with van der Waals surface area (Å²) in [4.78, 5) is 3.43. The van der Waals surface area contributed by atoms with Crippen molar-refractivity contribution in [1.29, 1.82) is 0 Å². The molecule has 0 atom stereocenters. The molecule has 0 aliphatic rings. The summed E-state index contributed by atoms with van der Waals surface area (Å²) in [5, 5.41) is 1.14. The summed E-state index contributed by atoms with van der Waals surface area (Å²) < 4.78 is 26.8. The van der Waals surface area contributed by atoms with E-state index in [0.717, 1.165) is 16.5 Å². The molecule has 0 saturated carbocycles. The van der Waals surface area contributed by atoms with Crippen molar-refractivity contribution in [1.82, 2.24) is 9.71 Å². The Morgan fingerprint density at radius 2 is 1.81 bits per heavy atom. The van der Waals surface area contributed by atoms with Gasteiger partial charge >= 0.3 is 0 Å². The van der Waals surface area contributed by atoms with E-state index in [1.807, 2.05) is 24.4 Å². The van der Waals surface area contributed by atoms with Gasteiger partial charge in [-0.25, -0.2) is 13.1 Å². The molecule has 0 saturated heterocycles.